The molecule has 2 aromatic heterocycles. The number of hydrogen-bond acceptors (Lipinski definition) is 5. The lowest BCUT2D eigenvalue weighted by Crippen LogP contribution is -2.31. The van der Waals surface area contributed by atoms with Crippen molar-refractivity contribution >= 4 is 5.91 Å². The molecule has 0 saturated carbocycles. The van der Waals surface area contributed by atoms with E-state index in [9.17, 15) is 4.79 Å². The quantitative estimate of drug-likeness (QED) is 0.242. The number of unbranched alkanes of at least 4 members (excludes halogenated alkanes) is 1. The third kappa shape index (κ3) is 5.16. The summed E-state index contributed by atoms with van der Waals surface area (Å²) in [6, 6.07) is 14.0. The summed E-state index contributed by atoms with van der Waals surface area (Å²) in [7, 11) is 0. The van der Waals surface area contributed by atoms with Gasteiger partial charge >= 0.3 is 0 Å². The van der Waals surface area contributed by atoms with Crippen molar-refractivity contribution in [2.45, 2.75) is 52.6 Å². The Morgan fingerprint density at radius 3 is 2.58 bits per heavy atom. The minimum atomic E-state index is -0.292. The molecule has 0 spiro atoms. The standard InChI is InChI=1S/C30H35N5O3/c1-4-6-18-38-24-13-12-23(19-25(24)37-5-2)29-26-27(22-10-8-21(3)9-11-22)32-33-28(26)30(36)35(29)16-7-15-34-17-14-31-20-34/h8-14,17,19-20,29H,4-7,15-16,18H2,1-3H3,(H,32,33). The van der Waals surface area contributed by atoms with Crippen LogP contribution in [-0.4, -0.2) is 50.3 Å². The number of ether oxygens (including phenoxy) is 2. The summed E-state index contributed by atoms with van der Waals surface area (Å²) in [5.41, 5.74) is 5.39. The van der Waals surface area contributed by atoms with Crippen molar-refractivity contribution in [2.24, 2.45) is 0 Å². The van der Waals surface area contributed by atoms with Crippen LogP contribution in [0.5, 0.6) is 11.5 Å². The zero-order chi connectivity index (χ0) is 26.5. The Balaban J connectivity index is 1.53. The fourth-order valence-corrected chi connectivity index (χ4v) is 4.96. The van der Waals surface area contributed by atoms with Crippen LogP contribution in [0.3, 0.4) is 0 Å². The molecule has 1 aliphatic heterocycles. The number of aromatic amines is 1. The van der Waals surface area contributed by atoms with Crippen LogP contribution in [0.1, 0.15) is 66.3 Å². The zero-order valence-electron chi connectivity index (χ0n) is 22.3. The number of amides is 1. The number of H-pyrrole nitrogens is 1. The van der Waals surface area contributed by atoms with Crippen LogP contribution < -0.4 is 9.47 Å². The van der Waals surface area contributed by atoms with Crippen molar-refractivity contribution < 1.29 is 14.3 Å². The van der Waals surface area contributed by atoms with Gasteiger partial charge in [-0.25, -0.2) is 4.98 Å². The molecular formula is C30H35N5O3. The summed E-state index contributed by atoms with van der Waals surface area (Å²) in [6.07, 6.45) is 8.35. The SMILES string of the molecule is CCCCOc1ccc(C2c3c(-c4ccc(C)cc4)n[nH]c3C(=O)N2CCCn2ccnc2)cc1OCC. The number of imidazole rings is 1. The second kappa shape index (κ2) is 11.5. The van der Waals surface area contributed by atoms with Crippen LogP contribution in [-0.2, 0) is 6.54 Å². The summed E-state index contributed by atoms with van der Waals surface area (Å²) < 4.78 is 14.1. The van der Waals surface area contributed by atoms with Crippen LogP contribution >= 0.6 is 0 Å². The average molecular weight is 514 g/mol. The van der Waals surface area contributed by atoms with Gasteiger partial charge < -0.3 is 18.9 Å². The number of carbonyl (C=O) groups excluding carboxylic acids is 1. The fourth-order valence-electron chi connectivity index (χ4n) is 4.96. The molecule has 1 aliphatic rings. The second-order valence-corrected chi connectivity index (χ2v) is 9.62. The van der Waals surface area contributed by atoms with Gasteiger partial charge in [-0.2, -0.15) is 5.10 Å². The van der Waals surface area contributed by atoms with E-state index >= 15 is 0 Å². The van der Waals surface area contributed by atoms with Crippen molar-refractivity contribution in [3.8, 4) is 22.8 Å². The first kappa shape index (κ1) is 25.6. The number of fused-ring (bicyclic) bond motifs is 1. The molecule has 0 radical (unpaired) electrons. The summed E-state index contributed by atoms with van der Waals surface area (Å²) >= 11 is 0. The van der Waals surface area contributed by atoms with E-state index in [-0.39, 0.29) is 11.9 Å². The molecule has 0 aliphatic carbocycles. The molecule has 0 bridgehead atoms. The third-order valence-electron chi connectivity index (χ3n) is 6.90. The zero-order valence-corrected chi connectivity index (χ0v) is 22.3. The van der Waals surface area contributed by atoms with E-state index in [0.717, 1.165) is 53.9 Å². The van der Waals surface area contributed by atoms with E-state index < -0.39 is 0 Å². The highest BCUT2D eigenvalue weighted by Crippen LogP contribution is 2.44. The first-order valence-corrected chi connectivity index (χ1v) is 13.4. The highest BCUT2D eigenvalue weighted by Gasteiger charge is 2.42. The molecule has 0 saturated heterocycles. The predicted molar refractivity (Wildman–Crippen MR) is 146 cm³/mol. The molecule has 38 heavy (non-hydrogen) atoms. The van der Waals surface area contributed by atoms with E-state index in [1.165, 1.54) is 5.56 Å². The van der Waals surface area contributed by atoms with E-state index in [1.807, 2.05) is 40.8 Å². The number of aryl methyl sites for hydroxylation is 2. The Bertz CT molecular complexity index is 1360. The first-order valence-electron chi connectivity index (χ1n) is 13.4. The minimum Gasteiger partial charge on any atom is -0.490 e. The van der Waals surface area contributed by atoms with Gasteiger partial charge in [-0.1, -0.05) is 49.2 Å². The van der Waals surface area contributed by atoms with Crippen molar-refractivity contribution in [2.75, 3.05) is 19.8 Å². The normalized spacial score (nSPS) is 14.7. The Kier molecular flexibility index (Phi) is 7.77. The Morgan fingerprint density at radius 1 is 1.00 bits per heavy atom. The van der Waals surface area contributed by atoms with Gasteiger partial charge in [0.1, 0.15) is 5.69 Å². The van der Waals surface area contributed by atoms with Crippen LogP contribution in [0.4, 0.5) is 0 Å². The molecule has 2 aromatic carbocycles. The monoisotopic (exact) mass is 513 g/mol. The summed E-state index contributed by atoms with van der Waals surface area (Å²) in [6.45, 7) is 8.71. The lowest BCUT2D eigenvalue weighted by molar-refractivity contribution is 0.0739. The van der Waals surface area contributed by atoms with Gasteiger partial charge in [-0.3, -0.25) is 9.89 Å². The molecule has 0 fully saturated rings. The molecule has 3 heterocycles. The molecule has 4 aromatic rings. The van der Waals surface area contributed by atoms with Crippen LogP contribution in [0, 0.1) is 6.92 Å². The van der Waals surface area contributed by atoms with Gasteiger partial charge in [0.25, 0.3) is 5.91 Å². The largest absolute Gasteiger partial charge is 0.490 e. The van der Waals surface area contributed by atoms with Gasteiger partial charge in [0.2, 0.25) is 0 Å². The number of rotatable bonds is 12. The Labute approximate surface area is 223 Å². The van der Waals surface area contributed by atoms with Gasteiger partial charge in [-0.15, -0.1) is 0 Å². The van der Waals surface area contributed by atoms with E-state index in [4.69, 9.17) is 9.47 Å². The van der Waals surface area contributed by atoms with Gasteiger partial charge in [0.15, 0.2) is 11.5 Å². The molecule has 8 heteroatoms. The summed E-state index contributed by atoms with van der Waals surface area (Å²) in [4.78, 5) is 19.8. The van der Waals surface area contributed by atoms with E-state index in [1.54, 1.807) is 12.5 Å². The molecule has 5 rings (SSSR count). The topological polar surface area (TPSA) is 85.3 Å². The molecule has 1 unspecified atom stereocenters. The lowest BCUT2D eigenvalue weighted by Gasteiger charge is -2.27. The number of hydrogen-bond donors (Lipinski definition) is 1. The van der Waals surface area contributed by atoms with Crippen LogP contribution in [0.15, 0.2) is 61.2 Å². The lowest BCUT2D eigenvalue weighted by atomic mass is 9.95. The number of nitrogens with zero attached hydrogens (tertiary/aromatic N) is 4. The third-order valence-corrected chi connectivity index (χ3v) is 6.90. The van der Waals surface area contributed by atoms with Crippen LogP contribution in [0.2, 0.25) is 0 Å². The Hall–Kier alpha value is -4.07. The predicted octanol–water partition coefficient (Wildman–Crippen LogP) is 5.79. The van der Waals surface area contributed by atoms with Gasteiger partial charge in [0, 0.05) is 36.6 Å². The highest BCUT2D eigenvalue weighted by molar-refractivity contribution is 6.00. The maximum atomic E-state index is 13.7. The highest BCUT2D eigenvalue weighted by atomic mass is 16.5. The van der Waals surface area contributed by atoms with Crippen molar-refractivity contribution in [3.05, 3.63) is 83.6 Å². The van der Waals surface area contributed by atoms with Crippen molar-refractivity contribution in [1.82, 2.24) is 24.6 Å². The van der Waals surface area contributed by atoms with Crippen molar-refractivity contribution in [1.29, 1.82) is 0 Å². The minimum absolute atomic E-state index is 0.0391. The molecule has 1 amide bonds. The molecule has 1 atom stereocenters. The Morgan fingerprint density at radius 2 is 1.84 bits per heavy atom. The van der Waals surface area contributed by atoms with E-state index in [2.05, 4.69) is 53.3 Å². The smallest absolute Gasteiger partial charge is 0.273 e. The van der Waals surface area contributed by atoms with Gasteiger partial charge in [-0.05, 0) is 44.4 Å². The van der Waals surface area contributed by atoms with Gasteiger partial charge in [0.05, 0.1) is 31.3 Å². The molecule has 198 valence electrons. The average Bonchev–Trinajstić information content (AvgIpc) is 3.65. The van der Waals surface area contributed by atoms with Crippen molar-refractivity contribution in [3.63, 3.8) is 0 Å². The maximum absolute atomic E-state index is 13.7. The molecule has 1 N–H and O–H groups in total. The number of nitrogens with one attached hydrogen (secondary N) is 1. The second-order valence-electron chi connectivity index (χ2n) is 9.62. The molecular weight excluding hydrogens is 478 g/mol. The summed E-state index contributed by atoms with van der Waals surface area (Å²) in [5, 5.41) is 7.66. The number of benzene rings is 2. The maximum Gasteiger partial charge on any atom is 0.273 e. The summed E-state index contributed by atoms with van der Waals surface area (Å²) in [5.74, 6) is 1.38. The fraction of sp³-hybridized carbons (Fsp3) is 0.367. The number of carbonyl (C=O) groups is 1. The first-order chi connectivity index (χ1) is 18.6. The number of aromatic nitrogens is 4. The molecule has 8 nitrogen and oxygen atoms in total. The van der Waals surface area contributed by atoms with Crippen LogP contribution in [0.25, 0.3) is 11.3 Å². The van der Waals surface area contributed by atoms with E-state index in [0.29, 0.717) is 31.2 Å².